The molecule has 0 aliphatic rings. The van der Waals surface area contributed by atoms with Gasteiger partial charge in [-0.05, 0) is 25.1 Å². The van der Waals surface area contributed by atoms with E-state index in [4.69, 9.17) is 15.4 Å². The van der Waals surface area contributed by atoms with E-state index in [-0.39, 0.29) is 6.61 Å². The third kappa shape index (κ3) is 3.50. The molecular formula is C9H8ClF3O3S. The van der Waals surface area contributed by atoms with E-state index < -0.39 is 31.4 Å². The number of rotatable bonds is 3. The first-order valence-electron chi connectivity index (χ1n) is 4.45. The molecule has 0 aliphatic carbocycles. The fourth-order valence-corrected chi connectivity index (χ4v) is 1.94. The molecule has 0 aliphatic heterocycles. The molecule has 0 atom stereocenters. The predicted molar refractivity (Wildman–Crippen MR) is 55.7 cm³/mol. The molecule has 0 radical (unpaired) electrons. The Labute approximate surface area is 101 Å². The first kappa shape index (κ1) is 14.1. The Morgan fingerprint density at radius 2 is 1.94 bits per heavy atom. The highest BCUT2D eigenvalue weighted by Crippen LogP contribution is 2.38. The molecule has 3 nitrogen and oxygen atoms in total. The Morgan fingerprint density at radius 1 is 1.35 bits per heavy atom. The number of alkyl halides is 3. The van der Waals surface area contributed by atoms with E-state index in [1.807, 2.05) is 0 Å². The Balaban J connectivity index is 3.40. The van der Waals surface area contributed by atoms with Crippen LogP contribution >= 0.6 is 10.7 Å². The molecule has 8 heteroatoms. The fraction of sp³-hybridized carbons (Fsp3) is 0.333. The summed E-state index contributed by atoms with van der Waals surface area (Å²) in [5, 5.41) is 0. The van der Waals surface area contributed by atoms with Crippen LogP contribution in [0.2, 0.25) is 0 Å². The topological polar surface area (TPSA) is 43.4 Å². The highest BCUT2D eigenvalue weighted by molar-refractivity contribution is 8.13. The maximum atomic E-state index is 12.6. The van der Waals surface area contributed by atoms with Crippen molar-refractivity contribution in [2.75, 3.05) is 6.61 Å². The molecule has 0 amide bonds. The van der Waals surface area contributed by atoms with Crippen LogP contribution in [0.1, 0.15) is 12.5 Å². The van der Waals surface area contributed by atoms with Crippen molar-refractivity contribution in [3.8, 4) is 5.75 Å². The number of ether oxygens (including phenoxy) is 1. The average molecular weight is 289 g/mol. The Bertz CT molecular complexity index is 511. The molecule has 0 saturated heterocycles. The minimum absolute atomic E-state index is 0.0377. The van der Waals surface area contributed by atoms with Crippen molar-refractivity contribution < 1.29 is 26.3 Å². The maximum Gasteiger partial charge on any atom is 0.420 e. The summed E-state index contributed by atoms with van der Waals surface area (Å²) in [6, 6.07) is 2.34. The molecule has 1 aromatic rings. The van der Waals surface area contributed by atoms with Crippen molar-refractivity contribution in [3.05, 3.63) is 23.8 Å². The monoisotopic (exact) mass is 288 g/mol. The van der Waals surface area contributed by atoms with E-state index in [9.17, 15) is 21.6 Å². The summed E-state index contributed by atoms with van der Waals surface area (Å²) in [4.78, 5) is -0.616. The lowest BCUT2D eigenvalue weighted by Crippen LogP contribution is -2.09. The molecule has 0 fully saturated rings. The van der Waals surface area contributed by atoms with E-state index in [2.05, 4.69) is 0 Å². The van der Waals surface area contributed by atoms with Gasteiger partial charge in [-0.25, -0.2) is 8.42 Å². The highest BCUT2D eigenvalue weighted by atomic mass is 35.7. The van der Waals surface area contributed by atoms with Crippen LogP contribution in [-0.2, 0) is 15.2 Å². The second kappa shape index (κ2) is 4.73. The van der Waals surface area contributed by atoms with Gasteiger partial charge in [0.2, 0.25) is 0 Å². The second-order valence-corrected chi connectivity index (χ2v) is 5.59. The van der Waals surface area contributed by atoms with Gasteiger partial charge in [0.05, 0.1) is 17.1 Å². The summed E-state index contributed by atoms with van der Waals surface area (Å²) in [6.07, 6.45) is -4.71. The molecule has 1 rings (SSSR count). The van der Waals surface area contributed by atoms with Gasteiger partial charge in [-0.3, -0.25) is 0 Å². The van der Waals surface area contributed by atoms with E-state index in [0.29, 0.717) is 6.07 Å². The van der Waals surface area contributed by atoms with Gasteiger partial charge < -0.3 is 4.74 Å². The SMILES string of the molecule is CCOc1ccc(S(=O)(=O)Cl)cc1C(F)(F)F. The van der Waals surface area contributed by atoms with Gasteiger partial charge in [-0.1, -0.05) is 0 Å². The normalized spacial score (nSPS) is 12.5. The van der Waals surface area contributed by atoms with Gasteiger partial charge in [0, 0.05) is 10.7 Å². The predicted octanol–water partition coefficient (Wildman–Crippen LogP) is 3.03. The van der Waals surface area contributed by atoms with Crippen molar-refractivity contribution in [1.82, 2.24) is 0 Å². The van der Waals surface area contributed by atoms with Crippen LogP contribution in [0.4, 0.5) is 13.2 Å². The molecule has 0 bridgehead atoms. The molecule has 0 heterocycles. The summed E-state index contributed by atoms with van der Waals surface area (Å²) in [5.41, 5.74) is -1.17. The molecule has 0 spiro atoms. The van der Waals surface area contributed by atoms with Gasteiger partial charge in [-0.2, -0.15) is 13.2 Å². The lowest BCUT2D eigenvalue weighted by molar-refractivity contribution is -0.139. The van der Waals surface area contributed by atoms with Crippen LogP contribution in [0, 0.1) is 0 Å². The van der Waals surface area contributed by atoms with Gasteiger partial charge in [0.25, 0.3) is 9.05 Å². The summed E-state index contributed by atoms with van der Waals surface area (Å²) in [5.74, 6) is -0.427. The molecular weight excluding hydrogens is 281 g/mol. The maximum absolute atomic E-state index is 12.6. The summed E-state index contributed by atoms with van der Waals surface area (Å²) < 4.78 is 64.5. The molecule has 0 N–H and O–H groups in total. The average Bonchev–Trinajstić information content (AvgIpc) is 2.15. The van der Waals surface area contributed by atoms with Crippen molar-refractivity contribution in [2.24, 2.45) is 0 Å². The third-order valence-corrected chi connectivity index (χ3v) is 3.19. The highest BCUT2D eigenvalue weighted by Gasteiger charge is 2.35. The van der Waals surface area contributed by atoms with Crippen LogP contribution in [0.3, 0.4) is 0 Å². The smallest absolute Gasteiger partial charge is 0.420 e. The Morgan fingerprint density at radius 3 is 2.35 bits per heavy atom. The van der Waals surface area contributed by atoms with E-state index >= 15 is 0 Å². The van der Waals surface area contributed by atoms with E-state index in [1.165, 1.54) is 6.92 Å². The first-order chi connectivity index (χ1) is 7.66. The van der Waals surface area contributed by atoms with Gasteiger partial charge >= 0.3 is 6.18 Å². The standard InChI is InChI=1S/C9H8ClF3O3S/c1-2-16-8-4-3-6(17(10,14)15)5-7(8)9(11,12)13/h3-5H,2H2,1H3. The second-order valence-electron chi connectivity index (χ2n) is 3.03. The summed E-state index contributed by atoms with van der Waals surface area (Å²) >= 11 is 0. The van der Waals surface area contributed by atoms with Crippen LogP contribution < -0.4 is 4.74 Å². The molecule has 0 unspecified atom stereocenters. The molecule has 0 aromatic heterocycles. The van der Waals surface area contributed by atoms with Gasteiger partial charge in [-0.15, -0.1) is 0 Å². The zero-order valence-electron chi connectivity index (χ0n) is 8.58. The van der Waals surface area contributed by atoms with Gasteiger partial charge in [0.15, 0.2) is 0 Å². The molecule has 17 heavy (non-hydrogen) atoms. The fourth-order valence-electron chi connectivity index (χ4n) is 1.16. The molecule has 96 valence electrons. The summed E-state index contributed by atoms with van der Waals surface area (Å²) in [6.45, 7) is 1.56. The zero-order valence-corrected chi connectivity index (χ0v) is 10.2. The minimum atomic E-state index is -4.71. The summed E-state index contributed by atoms with van der Waals surface area (Å²) in [7, 11) is 0.773. The Hall–Kier alpha value is -0.950. The largest absolute Gasteiger partial charge is 0.493 e. The zero-order chi connectivity index (χ0) is 13.3. The number of hydrogen-bond donors (Lipinski definition) is 0. The van der Waals surface area contributed by atoms with Crippen molar-refractivity contribution in [1.29, 1.82) is 0 Å². The van der Waals surface area contributed by atoms with E-state index in [0.717, 1.165) is 12.1 Å². The van der Waals surface area contributed by atoms with E-state index in [1.54, 1.807) is 0 Å². The quantitative estimate of drug-likeness (QED) is 0.803. The first-order valence-corrected chi connectivity index (χ1v) is 6.76. The van der Waals surface area contributed by atoms with Crippen LogP contribution in [0.25, 0.3) is 0 Å². The van der Waals surface area contributed by atoms with Crippen LogP contribution in [0.15, 0.2) is 23.1 Å². The Kier molecular flexibility index (Phi) is 3.93. The number of benzene rings is 1. The number of hydrogen-bond acceptors (Lipinski definition) is 3. The van der Waals surface area contributed by atoms with Crippen LogP contribution in [-0.4, -0.2) is 15.0 Å². The minimum Gasteiger partial charge on any atom is -0.493 e. The van der Waals surface area contributed by atoms with Crippen molar-refractivity contribution in [3.63, 3.8) is 0 Å². The van der Waals surface area contributed by atoms with Crippen LogP contribution in [0.5, 0.6) is 5.75 Å². The molecule has 1 aromatic carbocycles. The van der Waals surface area contributed by atoms with Crippen molar-refractivity contribution >= 4 is 19.7 Å². The number of halogens is 4. The molecule has 0 saturated carbocycles. The van der Waals surface area contributed by atoms with Gasteiger partial charge in [0.1, 0.15) is 5.75 Å². The lowest BCUT2D eigenvalue weighted by atomic mass is 10.2. The lowest BCUT2D eigenvalue weighted by Gasteiger charge is -2.13. The van der Waals surface area contributed by atoms with Crippen molar-refractivity contribution in [2.45, 2.75) is 18.0 Å². The third-order valence-electron chi connectivity index (χ3n) is 1.84.